The Morgan fingerprint density at radius 3 is 1.59 bits per heavy atom. The summed E-state index contributed by atoms with van der Waals surface area (Å²) < 4.78 is 13.9. The van der Waals surface area contributed by atoms with Crippen LogP contribution in [0.25, 0.3) is 21.9 Å². The molecule has 3 heterocycles. The molecule has 63 heavy (non-hydrogen) atoms. The molecule has 0 spiro atoms. The van der Waals surface area contributed by atoms with Gasteiger partial charge in [0.25, 0.3) is 6.71 Å². The number of benzene rings is 7. The molecule has 5 heteroatoms. The van der Waals surface area contributed by atoms with Gasteiger partial charge >= 0.3 is 0 Å². The van der Waals surface area contributed by atoms with Crippen molar-refractivity contribution in [2.24, 2.45) is 0 Å². The smallest absolute Gasteiger partial charge is 0.256 e. The van der Waals surface area contributed by atoms with Crippen molar-refractivity contribution in [3.05, 3.63) is 162 Å². The molecule has 8 aromatic rings. The Kier molecular flexibility index (Phi) is 9.18. The summed E-state index contributed by atoms with van der Waals surface area (Å²) >= 11 is 0. The van der Waals surface area contributed by atoms with E-state index < -0.39 is 0 Å². The third kappa shape index (κ3) is 6.92. The van der Waals surface area contributed by atoms with E-state index in [9.17, 15) is 0 Å². The van der Waals surface area contributed by atoms with Crippen molar-refractivity contribution in [3.8, 4) is 11.5 Å². The van der Waals surface area contributed by atoms with Crippen molar-refractivity contribution >= 4 is 79.2 Å². The second-order valence-electron chi connectivity index (χ2n) is 22.0. The van der Waals surface area contributed by atoms with E-state index in [1.807, 2.05) is 0 Å². The van der Waals surface area contributed by atoms with Gasteiger partial charge in [0.15, 0.2) is 5.58 Å². The van der Waals surface area contributed by atoms with E-state index in [0.717, 1.165) is 67.6 Å². The standard InChI is InChI=1S/C58H59BN2O2/c1-55(2,3)36-20-26-40(27-21-36)60(41-28-22-37(23-29-41)56(4,5)6)42-34-44-43-16-13-14-18-50(43)63-54(44)49(35-42)61-47-30-24-38(57(7,8)9)32-45(47)59-46-33-39(58(10,11)12)25-31-51(46)62-52-19-15-17-48(61)53(52)59/h13-35H,1-12H3. The van der Waals surface area contributed by atoms with Crippen LogP contribution in [0.2, 0.25) is 0 Å². The molecular weight excluding hydrogens is 767 g/mol. The van der Waals surface area contributed by atoms with Gasteiger partial charge in [-0.3, -0.25) is 0 Å². The predicted molar refractivity (Wildman–Crippen MR) is 269 cm³/mol. The van der Waals surface area contributed by atoms with Crippen molar-refractivity contribution in [2.45, 2.75) is 105 Å². The Bertz CT molecular complexity index is 3020. The van der Waals surface area contributed by atoms with Crippen LogP contribution in [0.5, 0.6) is 11.5 Å². The van der Waals surface area contributed by atoms with E-state index in [4.69, 9.17) is 9.15 Å². The fourth-order valence-corrected chi connectivity index (χ4v) is 9.64. The molecule has 4 nitrogen and oxygen atoms in total. The van der Waals surface area contributed by atoms with Crippen molar-refractivity contribution < 1.29 is 9.15 Å². The molecule has 10 rings (SSSR count). The van der Waals surface area contributed by atoms with Gasteiger partial charge in [0.1, 0.15) is 17.1 Å². The average molecular weight is 827 g/mol. The summed E-state index contributed by atoms with van der Waals surface area (Å²) in [5, 5.41) is 2.15. The average Bonchev–Trinajstić information content (AvgIpc) is 3.61. The molecule has 0 amide bonds. The van der Waals surface area contributed by atoms with Crippen LogP contribution < -0.4 is 30.9 Å². The van der Waals surface area contributed by atoms with Crippen LogP contribution in [0.1, 0.15) is 105 Å². The highest BCUT2D eigenvalue weighted by Gasteiger charge is 2.43. The molecule has 0 N–H and O–H groups in total. The zero-order valence-corrected chi connectivity index (χ0v) is 39.1. The summed E-state index contributed by atoms with van der Waals surface area (Å²) in [5.41, 5.74) is 17.0. The zero-order valence-electron chi connectivity index (χ0n) is 39.1. The number of rotatable bonds is 4. The summed E-state index contributed by atoms with van der Waals surface area (Å²) in [6.07, 6.45) is 0. The number of fused-ring (bicyclic) bond motifs is 7. The van der Waals surface area contributed by atoms with Crippen LogP contribution in [0.4, 0.5) is 34.1 Å². The topological polar surface area (TPSA) is 28.9 Å². The zero-order chi connectivity index (χ0) is 44.4. The normalized spacial score (nSPS) is 13.8. The molecule has 7 aromatic carbocycles. The van der Waals surface area contributed by atoms with E-state index in [1.165, 1.54) is 38.6 Å². The minimum absolute atomic E-state index is 0.0229. The lowest BCUT2D eigenvalue weighted by Crippen LogP contribution is -2.59. The fourth-order valence-electron chi connectivity index (χ4n) is 9.64. The van der Waals surface area contributed by atoms with Gasteiger partial charge in [-0.25, -0.2) is 0 Å². The number of nitrogens with zero attached hydrogens (tertiary/aromatic N) is 2. The Labute approximate surface area is 374 Å². The first-order valence-electron chi connectivity index (χ1n) is 22.6. The summed E-state index contributed by atoms with van der Waals surface area (Å²) in [7, 11) is 0. The van der Waals surface area contributed by atoms with Crippen molar-refractivity contribution in [1.29, 1.82) is 0 Å². The fraction of sp³-hybridized carbons (Fsp3) is 0.276. The molecule has 0 atom stereocenters. The maximum Gasteiger partial charge on any atom is 0.256 e. The molecule has 316 valence electrons. The Morgan fingerprint density at radius 1 is 0.429 bits per heavy atom. The second kappa shape index (κ2) is 14.2. The molecule has 0 aliphatic carbocycles. The molecule has 2 aliphatic heterocycles. The van der Waals surface area contributed by atoms with Gasteiger partial charge in [-0.1, -0.05) is 156 Å². The van der Waals surface area contributed by atoms with Gasteiger partial charge in [0, 0.05) is 39.2 Å². The summed E-state index contributed by atoms with van der Waals surface area (Å²) in [6, 6.07) is 51.9. The van der Waals surface area contributed by atoms with Crippen LogP contribution in [0, 0.1) is 0 Å². The molecule has 0 unspecified atom stereocenters. The summed E-state index contributed by atoms with van der Waals surface area (Å²) in [5.74, 6) is 1.81. The molecule has 0 bridgehead atoms. The van der Waals surface area contributed by atoms with Crippen LogP contribution in [-0.2, 0) is 21.7 Å². The lowest BCUT2D eigenvalue weighted by atomic mass is 9.34. The second-order valence-corrected chi connectivity index (χ2v) is 22.0. The minimum atomic E-state index is -0.0571. The molecule has 0 saturated heterocycles. The lowest BCUT2D eigenvalue weighted by Gasteiger charge is -2.41. The highest BCUT2D eigenvalue weighted by atomic mass is 16.5. The number of anilines is 6. The van der Waals surface area contributed by atoms with E-state index in [0.29, 0.717) is 0 Å². The quantitative estimate of drug-likeness (QED) is 0.165. The van der Waals surface area contributed by atoms with Gasteiger partial charge in [-0.05, 0) is 127 Å². The van der Waals surface area contributed by atoms with Gasteiger partial charge in [-0.15, -0.1) is 0 Å². The predicted octanol–water partition coefficient (Wildman–Crippen LogP) is 14.7. The highest BCUT2D eigenvalue weighted by molar-refractivity contribution is 6.99. The molecule has 0 fully saturated rings. The first kappa shape index (κ1) is 40.9. The van der Waals surface area contributed by atoms with Crippen LogP contribution in [0.3, 0.4) is 0 Å². The lowest BCUT2D eigenvalue weighted by molar-refractivity contribution is 0.486. The highest BCUT2D eigenvalue weighted by Crippen LogP contribution is 2.49. The number of furan rings is 1. The number of ether oxygens (including phenoxy) is 1. The van der Waals surface area contributed by atoms with Crippen LogP contribution in [-0.4, -0.2) is 6.71 Å². The van der Waals surface area contributed by atoms with E-state index in [2.05, 4.69) is 232 Å². The Balaban J connectivity index is 1.27. The van der Waals surface area contributed by atoms with E-state index in [1.54, 1.807) is 0 Å². The third-order valence-electron chi connectivity index (χ3n) is 13.4. The number of hydrogen-bond acceptors (Lipinski definition) is 4. The monoisotopic (exact) mass is 826 g/mol. The molecule has 0 radical (unpaired) electrons. The minimum Gasteiger partial charge on any atom is -0.458 e. The Hall–Kier alpha value is -6.20. The van der Waals surface area contributed by atoms with Gasteiger partial charge in [-0.2, -0.15) is 0 Å². The first-order valence-corrected chi connectivity index (χ1v) is 22.6. The number of para-hydroxylation sites is 1. The summed E-state index contributed by atoms with van der Waals surface area (Å²) in [4.78, 5) is 4.87. The first-order chi connectivity index (χ1) is 29.8. The van der Waals surface area contributed by atoms with Crippen molar-refractivity contribution in [1.82, 2.24) is 0 Å². The van der Waals surface area contributed by atoms with Gasteiger partial charge in [0.05, 0.1) is 5.69 Å². The van der Waals surface area contributed by atoms with Gasteiger partial charge in [0.2, 0.25) is 0 Å². The molecular formula is C58H59BN2O2. The maximum atomic E-state index is 7.01. The summed E-state index contributed by atoms with van der Waals surface area (Å²) in [6.45, 7) is 27.4. The molecule has 2 aliphatic rings. The van der Waals surface area contributed by atoms with Crippen LogP contribution in [0.15, 0.2) is 144 Å². The van der Waals surface area contributed by atoms with E-state index >= 15 is 0 Å². The maximum absolute atomic E-state index is 7.01. The van der Waals surface area contributed by atoms with E-state index in [-0.39, 0.29) is 28.4 Å². The largest absolute Gasteiger partial charge is 0.458 e. The Morgan fingerprint density at radius 2 is 0.984 bits per heavy atom. The van der Waals surface area contributed by atoms with Crippen molar-refractivity contribution in [2.75, 3.05) is 9.80 Å². The molecule has 1 aromatic heterocycles. The van der Waals surface area contributed by atoms with Crippen LogP contribution >= 0.6 is 0 Å². The number of hydrogen-bond donors (Lipinski definition) is 0. The van der Waals surface area contributed by atoms with Crippen molar-refractivity contribution in [3.63, 3.8) is 0 Å². The third-order valence-corrected chi connectivity index (χ3v) is 13.4. The molecule has 0 saturated carbocycles. The SMILES string of the molecule is CC(C)(C)c1ccc(N(c2ccc(C(C)(C)C)cc2)c2cc(N3c4ccc(C(C)(C)C)cc4B4c5cc(C(C)(C)C)ccc5Oc5cccc3c54)c3oc4ccccc4c3c2)cc1. The van der Waals surface area contributed by atoms with Gasteiger partial charge < -0.3 is 19.0 Å².